The van der Waals surface area contributed by atoms with Gasteiger partial charge in [-0.2, -0.15) is 0 Å². The van der Waals surface area contributed by atoms with Crippen molar-refractivity contribution < 1.29 is 14.0 Å². The molecule has 0 saturated carbocycles. The summed E-state index contributed by atoms with van der Waals surface area (Å²) in [5.41, 5.74) is 1.30. The van der Waals surface area contributed by atoms with Gasteiger partial charge < -0.3 is 14.0 Å². The van der Waals surface area contributed by atoms with E-state index < -0.39 is 0 Å². The maximum absolute atomic E-state index is 6.12. The van der Waals surface area contributed by atoms with Gasteiger partial charge in [0.2, 0.25) is 0 Å². The SMILES string of the molecule is CC1(C)OB(c2ccc(COc3c(Cl)cccc3Cl)cc2)OC1(C)C. The van der Waals surface area contributed by atoms with Gasteiger partial charge >= 0.3 is 7.12 Å². The molecule has 2 aromatic rings. The standard InChI is InChI=1S/C19H21BCl2O3/c1-18(2)19(3,4)25-20(24-18)14-10-8-13(9-11-14)12-23-17-15(21)6-5-7-16(17)22/h5-11H,12H2,1-4H3. The first kappa shape index (κ1) is 18.6. The number of benzene rings is 2. The molecule has 0 unspecified atom stereocenters. The minimum atomic E-state index is -0.363. The van der Waals surface area contributed by atoms with E-state index in [1.807, 2.05) is 52.0 Å². The van der Waals surface area contributed by atoms with Gasteiger partial charge in [-0.15, -0.1) is 0 Å². The van der Waals surface area contributed by atoms with Crippen LogP contribution in [0.4, 0.5) is 0 Å². The third-order valence-corrected chi connectivity index (χ3v) is 5.40. The maximum Gasteiger partial charge on any atom is 0.494 e. The lowest BCUT2D eigenvalue weighted by atomic mass is 9.79. The van der Waals surface area contributed by atoms with E-state index in [0.29, 0.717) is 22.4 Å². The van der Waals surface area contributed by atoms with Crippen LogP contribution in [0.5, 0.6) is 5.75 Å². The van der Waals surface area contributed by atoms with Crippen LogP contribution in [-0.2, 0) is 15.9 Å². The molecule has 132 valence electrons. The summed E-state index contributed by atoms with van der Waals surface area (Å²) in [5.74, 6) is 0.501. The minimum Gasteiger partial charge on any atom is -0.486 e. The zero-order valence-corrected chi connectivity index (χ0v) is 16.3. The van der Waals surface area contributed by atoms with E-state index in [2.05, 4.69) is 0 Å². The van der Waals surface area contributed by atoms with Crippen molar-refractivity contribution in [3.63, 3.8) is 0 Å². The normalized spacial score (nSPS) is 18.4. The Labute approximate surface area is 159 Å². The van der Waals surface area contributed by atoms with Crippen LogP contribution in [0, 0.1) is 0 Å². The first-order valence-electron chi connectivity index (χ1n) is 8.21. The van der Waals surface area contributed by atoms with Gasteiger partial charge in [0.25, 0.3) is 0 Å². The molecule has 0 aliphatic carbocycles. The average Bonchev–Trinajstić information content (AvgIpc) is 2.75. The van der Waals surface area contributed by atoms with Crippen molar-refractivity contribution >= 4 is 35.8 Å². The van der Waals surface area contributed by atoms with E-state index in [9.17, 15) is 0 Å². The molecule has 0 spiro atoms. The van der Waals surface area contributed by atoms with E-state index >= 15 is 0 Å². The Morgan fingerprint density at radius 2 is 1.40 bits per heavy atom. The van der Waals surface area contributed by atoms with Crippen molar-refractivity contribution in [3.05, 3.63) is 58.1 Å². The quantitative estimate of drug-likeness (QED) is 0.710. The first-order chi connectivity index (χ1) is 11.7. The van der Waals surface area contributed by atoms with Gasteiger partial charge in [0.05, 0.1) is 21.2 Å². The van der Waals surface area contributed by atoms with Crippen LogP contribution in [0.25, 0.3) is 0 Å². The van der Waals surface area contributed by atoms with Gasteiger partial charge in [-0.05, 0) is 50.9 Å². The van der Waals surface area contributed by atoms with E-state index in [1.165, 1.54) is 0 Å². The topological polar surface area (TPSA) is 27.7 Å². The second-order valence-corrected chi connectivity index (χ2v) is 7.98. The number of hydrogen-bond acceptors (Lipinski definition) is 3. The molecular formula is C19H21BCl2O3. The Morgan fingerprint density at radius 3 is 1.92 bits per heavy atom. The van der Waals surface area contributed by atoms with Gasteiger partial charge in [0, 0.05) is 0 Å². The third kappa shape index (κ3) is 3.82. The highest BCUT2D eigenvalue weighted by Gasteiger charge is 2.51. The summed E-state index contributed by atoms with van der Waals surface area (Å²) < 4.78 is 17.9. The molecule has 0 bridgehead atoms. The molecule has 0 radical (unpaired) electrons. The lowest BCUT2D eigenvalue weighted by Gasteiger charge is -2.32. The molecule has 1 heterocycles. The molecular weight excluding hydrogens is 358 g/mol. The zero-order valence-electron chi connectivity index (χ0n) is 14.8. The highest BCUT2D eigenvalue weighted by Crippen LogP contribution is 2.36. The zero-order chi connectivity index (χ0) is 18.2. The Hall–Kier alpha value is -1.20. The third-order valence-electron chi connectivity index (χ3n) is 4.81. The summed E-state index contributed by atoms with van der Waals surface area (Å²) in [6.45, 7) is 8.56. The van der Waals surface area contributed by atoms with Crippen LogP contribution in [0.1, 0.15) is 33.3 Å². The predicted octanol–water partition coefficient (Wildman–Crippen LogP) is 4.87. The molecule has 1 aliphatic heterocycles. The number of para-hydroxylation sites is 1. The smallest absolute Gasteiger partial charge is 0.486 e. The lowest BCUT2D eigenvalue weighted by molar-refractivity contribution is 0.00578. The molecule has 6 heteroatoms. The summed E-state index contributed by atoms with van der Waals surface area (Å²) in [4.78, 5) is 0. The first-order valence-corrected chi connectivity index (χ1v) is 8.96. The van der Waals surface area contributed by atoms with Gasteiger partial charge in [-0.1, -0.05) is 53.5 Å². The Morgan fingerprint density at radius 1 is 0.880 bits per heavy atom. The Balaban J connectivity index is 1.67. The molecule has 1 fully saturated rings. The van der Waals surface area contributed by atoms with Crippen LogP contribution < -0.4 is 10.2 Å². The number of ether oxygens (including phenoxy) is 1. The number of hydrogen-bond donors (Lipinski definition) is 0. The van der Waals surface area contributed by atoms with Crippen molar-refractivity contribution in [3.8, 4) is 5.75 Å². The van der Waals surface area contributed by atoms with Crippen molar-refractivity contribution in [2.45, 2.75) is 45.5 Å². The number of rotatable bonds is 4. The lowest BCUT2D eigenvalue weighted by Crippen LogP contribution is -2.41. The van der Waals surface area contributed by atoms with Crippen LogP contribution in [0.15, 0.2) is 42.5 Å². The fourth-order valence-corrected chi connectivity index (χ4v) is 3.03. The Kier molecular flexibility index (Phi) is 5.09. The van der Waals surface area contributed by atoms with Gasteiger partial charge in [0.15, 0.2) is 5.75 Å². The molecule has 0 aromatic heterocycles. The van der Waals surface area contributed by atoms with E-state index in [1.54, 1.807) is 18.2 Å². The minimum absolute atomic E-state index is 0.347. The summed E-state index contributed by atoms with van der Waals surface area (Å²) in [6.07, 6.45) is 0. The molecule has 3 nitrogen and oxygen atoms in total. The summed E-state index contributed by atoms with van der Waals surface area (Å²) >= 11 is 12.2. The van der Waals surface area contributed by atoms with Crippen molar-refractivity contribution in [2.24, 2.45) is 0 Å². The molecule has 1 aliphatic rings. The largest absolute Gasteiger partial charge is 0.494 e. The summed E-state index contributed by atoms with van der Waals surface area (Å²) in [7, 11) is -0.363. The molecule has 0 amide bonds. The molecule has 2 aromatic carbocycles. The fourth-order valence-electron chi connectivity index (χ4n) is 2.53. The molecule has 0 atom stereocenters. The number of halogens is 2. The van der Waals surface area contributed by atoms with Crippen LogP contribution >= 0.6 is 23.2 Å². The van der Waals surface area contributed by atoms with Crippen LogP contribution in [0.3, 0.4) is 0 Å². The molecule has 25 heavy (non-hydrogen) atoms. The van der Waals surface area contributed by atoms with Gasteiger partial charge in [-0.3, -0.25) is 0 Å². The highest BCUT2D eigenvalue weighted by molar-refractivity contribution is 6.62. The van der Waals surface area contributed by atoms with E-state index in [-0.39, 0.29) is 18.3 Å². The molecule has 0 N–H and O–H groups in total. The fraction of sp³-hybridized carbons (Fsp3) is 0.368. The summed E-state index contributed by atoms with van der Waals surface area (Å²) in [5, 5.41) is 1.00. The van der Waals surface area contributed by atoms with Crippen LogP contribution in [0.2, 0.25) is 10.0 Å². The summed E-state index contributed by atoms with van der Waals surface area (Å²) in [6, 6.07) is 13.3. The van der Waals surface area contributed by atoms with E-state index in [0.717, 1.165) is 11.0 Å². The van der Waals surface area contributed by atoms with Gasteiger partial charge in [0.1, 0.15) is 6.61 Å². The molecule has 3 rings (SSSR count). The van der Waals surface area contributed by atoms with Crippen molar-refractivity contribution in [2.75, 3.05) is 0 Å². The second kappa shape index (κ2) is 6.84. The van der Waals surface area contributed by atoms with Crippen molar-refractivity contribution in [1.29, 1.82) is 0 Å². The van der Waals surface area contributed by atoms with Crippen LogP contribution in [-0.4, -0.2) is 18.3 Å². The molecule has 1 saturated heterocycles. The average molecular weight is 379 g/mol. The maximum atomic E-state index is 6.12. The Bertz CT molecular complexity index is 724. The second-order valence-electron chi connectivity index (χ2n) is 7.17. The highest BCUT2D eigenvalue weighted by atomic mass is 35.5. The van der Waals surface area contributed by atoms with E-state index in [4.69, 9.17) is 37.2 Å². The predicted molar refractivity (Wildman–Crippen MR) is 103 cm³/mol. The van der Waals surface area contributed by atoms with Crippen molar-refractivity contribution in [1.82, 2.24) is 0 Å². The monoisotopic (exact) mass is 378 g/mol. The van der Waals surface area contributed by atoms with Gasteiger partial charge in [-0.25, -0.2) is 0 Å².